The molecule has 0 aliphatic rings. The molecule has 2 N–H and O–H groups in total. The van der Waals surface area contributed by atoms with Crippen LogP contribution in [0.5, 0.6) is 0 Å². The molecule has 1 heterocycles. The Kier molecular flexibility index (Phi) is 4.64. The number of carboxylic acid groups (broad SMARTS) is 1. The third kappa shape index (κ3) is 4.69. The highest BCUT2D eigenvalue weighted by atomic mass is 16.4. The highest BCUT2D eigenvalue weighted by Crippen LogP contribution is 2.18. The predicted octanol–water partition coefficient (Wildman–Crippen LogP) is 2.40. The van der Waals surface area contributed by atoms with Gasteiger partial charge in [-0.3, -0.25) is 4.79 Å². The van der Waals surface area contributed by atoms with Crippen LogP contribution in [0.4, 0.5) is 5.82 Å². The third-order valence-electron chi connectivity index (χ3n) is 2.65. The van der Waals surface area contributed by atoms with Crippen LogP contribution in [-0.2, 0) is 11.2 Å². The van der Waals surface area contributed by atoms with Gasteiger partial charge in [-0.2, -0.15) is 0 Å². The number of aliphatic carboxylic acids is 1. The molecule has 5 heteroatoms. The smallest absolute Gasteiger partial charge is 0.303 e. The molecule has 0 amide bonds. The van der Waals surface area contributed by atoms with Crippen molar-refractivity contribution in [3.63, 3.8) is 0 Å². The maximum absolute atomic E-state index is 10.6. The minimum absolute atomic E-state index is 0.144. The number of hydrogen-bond donors (Lipinski definition) is 2. The molecule has 1 rings (SSSR count). The van der Waals surface area contributed by atoms with Gasteiger partial charge in [-0.25, -0.2) is 9.97 Å². The summed E-state index contributed by atoms with van der Waals surface area (Å²) < 4.78 is 0. The molecular weight excluding hydrogens is 230 g/mol. The Morgan fingerprint density at radius 2 is 2.11 bits per heavy atom. The minimum atomic E-state index is -0.780. The highest BCUT2D eigenvalue weighted by Gasteiger charge is 2.19. The molecule has 0 spiro atoms. The fourth-order valence-corrected chi connectivity index (χ4v) is 1.68. The lowest BCUT2D eigenvalue weighted by Crippen LogP contribution is -2.32. The molecule has 18 heavy (non-hydrogen) atoms. The quantitative estimate of drug-likeness (QED) is 0.812. The molecule has 0 radical (unpaired) electrons. The van der Waals surface area contributed by atoms with Gasteiger partial charge in [0.15, 0.2) is 0 Å². The Morgan fingerprint density at radius 1 is 1.44 bits per heavy atom. The molecule has 0 saturated carbocycles. The van der Waals surface area contributed by atoms with Crippen LogP contribution in [-0.4, -0.2) is 26.6 Å². The molecule has 0 saturated heterocycles. The van der Waals surface area contributed by atoms with Crippen LogP contribution in [0.1, 0.15) is 45.1 Å². The molecule has 0 aromatic carbocycles. The van der Waals surface area contributed by atoms with E-state index in [4.69, 9.17) is 5.11 Å². The average Bonchev–Trinajstić information content (AvgIpc) is 2.25. The molecule has 0 aliphatic carbocycles. The van der Waals surface area contributed by atoms with Crippen molar-refractivity contribution in [1.82, 2.24) is 9.97 Å². The summed E-state index contributed by atoms with van der Waals surface area (Å²) >= 11 is 0. The lowest BCUT2D eigenvalue weighted by atomic mass is 9.98. The molecule has 0 unspecified atom stereocenters. The second-order valence-corrected chi connectivity index (χ2v) is 5.07. The maximum Gasteiger partial charge on any atom is 0.303 e. The normalized spacial score (nSPS) is 11.3. The van der Waals surface area contributed by atoms with Crippen molar-refractivity contribution >= 4 is 11.8 Å². The maximum atomic E-state index is 10.6. The molecule has 0 bridgehead atoms. The Bertz CT molecular complexity index is 430. The van der Waals surface area contributed by atoms with Gasteiger partial charge >= 0.3 is 5.97 Å². The largest absolute Gasteiger partial charge is 0.481 e. The summed E-state index contributed by atoms with van der Waals surface area (Å²) in [5.74, 6) is 0.777. The molecule has 1 aromatic rings. The topological polar surface area (TPSA) is 75.1 Å². The Morgan fingerprint density at radius 3 is 2.67 bits per heavy atom. The van der Waals surface area contributed by atoms with Crippen LogP contribution in [0.25, 0.3) is 0 Å². The first-order chi connectivity index (χ1) is 8.32. The van der Waals surface area contributed by atoms with E-state index in [1.165, 1.54) is 0 Å². The van der Waals surface area contributed by atoms with Gasteiger partial charge in [-0.05, 0) is 27.2 Å². The van der Waals surface area contributed by atoms with Gasteiger partial charge in [0.1, 0.15) is 11.6 Å². The summed E-state index contributed by atoms with van der Waals surface area (Å²) in [6.45, 7) is 7.88. The Labute approximate surface area is 108 Å². The number of aromatic nitrogens is 2. The molecular formula is C13H21N3O2. The SMILES string of the molecule is CCc1nc(C)cc(NC(C)(C)CCC(=O)O)n1. The monoisotopic (exact) mass is 251 g/mol. The number of nitrogens with zero attached hydrogens (tertiary/aromatic N) is 2. The summed E-state index contributed by atoms with van der Waals surface area (Å²) in [5, 5.41) is 12.0. The van der Waals surface area contributed by atoms with Crippen molar-refractivity contribution in [3.8, 4) is 0 Å². The molecule has 0 aliphatic heterocycles. The van der Waals surface area contributed by atoms with E-state index in [9.17, 15) is 4.79 Å². The lowest BCUT2D eigenvalue weighted by molar-refractivity contribution is -0.137. The molecule has 0 atom stereocenters. The predicted molar refractivity (Wildman–Crippen MR) is 70.7 cm³/mol. The number of rotatable bonds is 6. The number of carbonyl (C=O) groups is 1. The molecule has 5 nitrogen and oxygen atoms in total. The van der Waals surface area contributed by atoms with Crippen molar-refractivity contribution in [1.29, 1.82) is 0 Å². The first-order valence-electron chi connectivity index (χ1n) is 6.17. The van der Waals surface area contributed by atoms with E-state index in [2.05, 4.69) is 15.3 Å². The van der Waals surface area contributed by atoms with Gasteiger partial charge < -0.3 is 10.4 Å². The first-order valence-corrected chi connectivity index (χ1v) is 6.17. The number of carboxylic acids is 1. The minimum Gasteiger partial charge on any atom is -0.481 e. The van der Waals surface area contributed by atoms with Gasteiger partial charge in [-0.1, -0.05) is 6.92 Å². The lowest BCUT2D eigenvalue weighted by Gasteiger charge is -2.26. The van der Waals surface area contributed by atoms with E-state index < -0.39 is 5.97 Å². The fraction of sp³-hybridized carbons (Fsp3) is 0.615. The number of aryl methyl sites for hydroxylation is 2. The Hall–Kier alpha value is -1.65. The summed E-state index contributed by atoms with van der Waals surface area (Å²) in [6, 6.07) is 1.88. The summed E-state index contributed by atoms with van der Waals surface area (Å²) in [4.78, 5) is 19.3. The van der Waals surface area contributed by atoms with Gasteiger partial charge in [0.05, 0.1) is 0 Å². The summed E-state index contributed by atoms with van der Waals surface area (Å²) in [7, 11) is 0. The van der Waals surface area contributed by atoms with E-state index in [-0.39, 0.29) is 12.0 Å². The van der Waals surface area contributed by atoms with Crippen LogP contribution >= 0.6 is 0 Å². The van der Waals surface area contributed by atoms with Crippen molar-refractivity contribution in [2.45, 2.75) is 52.5 Å². The summed E-state index contributed by atoms with van der Waals surface area (Å²) in [5.41, 5.74) is 0.614. The van der Waals surface area contributed by atoms with Crippen LogP contribution < -0.4 is 5.32 Å². The second-order valence-electron chi connectivity index (χ2n) is 5.07. The van der Waals surface area contributed by atoms with Crippen molar-refractivity contribution in [2.75, 3.05) is 5.32 Å². The van der Waals surface area contributed by atoms with Gasteiger partial charge in [0, 0.05) is 30.1 Å². The van der Waals surface area contributed by atoms with Gasteiger partial charge in [0.2, 0.25) is 0 Å². The number of anilines is 1. The number of hydrogen-bond acceptors (Lipinski definition) is 4. The van der Waals surface area contributed by atoms with Crippen LogP contribution in [0, 0.1) is 6.92 Å². The zero-order valence-electron chi connectivity index (χ0n) is 11.4. The molecule has 100 valence electrons. The van der Waals surface area contributed by atoms with Gasteiger partial charge in [0.25, 0.3) is 0 Å². The van der Waals surface area contributed by atoms with Crippen LogP contribution in [0.2, 0.25) is 0 Å². The zero-order valence-corrected chi connectivity index (χ0v) is 11.4. The Balaban J connectivity index is 2.76. The molecule has 0 fully saturated rings. The van der Waals surface area contributed by atoms with Crippen molar-refractivity contribution in [3.05, 3.63) is 17.6 Å². The third-order valence-corrected chi connectivity index (χ3v) is 2.65. The standard InChI is InChI=1S/C13H21N3O2/c1-5-10-14-9(2)8-11(15-10)16-13(3,4)7-6-12(17)18/h8H,5-7H2,1-4H3,(H,17,18)(H,14,15,16). The van der Waals surface area contributed by atoms with Crippen molar-refractivity contribution in [2.24, 2.45) is 0 Å². The van der Waals surface area contributed by atoms with E-state index in [1.54, 1.807) is 0 Å². The number of nitrogens with one attached hydrogen (secondary N) is 1. The average molecular weight is 251 g/mol. The van der Waals surface area contributed by atoms with E-state index >= 15 is 0 Å². The van der Waals surface area contributed by atoms with E-state index in [0.29, 0.717) is 6.42 Å². The highest BCUT2D eigenvalue weighted by molar-refractivity contribution is 5.66. The van der Waals surface area contributed by atoms with E-state index in [1.807, 2.05) is 33.8 Å². The first kappa shape index (κ1) is 14.4. The van der Waals surface area contributed by atoms with Crippen LogP contribution in [0.3, 0.4) is 0 Å². The molecule has 1 aromatic heterocycles. The van der Waals surface area contributed by atoms with Gasteiger partial charge in [-0.15, -0.1) is 0 Å². The fourth-order valence-electron chi connectivity index (χ4n) is 1.68. The van der Waals surface area contributed by atoms with Crippen LogP contribution in [0.15, 0.2) is 6.07 Å². The summed E-state index contributed by atoms with van der Waals surface area (Å²) in [6.07, 6.45) is 1.48. The van der Waals surface area contributed by atoms with Crippen molar-refractivity contribution < 1.29 is 9.90 Å². The van der Waals surface area contributed by atoms with E-state index in [0.717, 1.165) is 23.8 Å². The second kappa shape index (κ2) is 5.80. The zero-order chi connectivity index (χ0) is 13.8.